The van der Waals surface area contributed by atoms with Crippen molar-refractivity contribution >= 4 is 5.97 Å². The van der Waals surface area contributed by atoms with Gasteiger partial charge in [-0.2, -0.15) is 0 Å². The van der Waals surface area contributed by atoms with Crippen molar-refractivity contribution in [1.82, 2.24) is 0 Å². The van der Waals surface area contributed by atoms with Crippen molar-refractivity contribution in [1.29, 1.82) is 0 Å². The van der Waals surface area contributed by atoms with Crippen LogP contribution in [0, 0.1) is 5.92 Å². The third kappa shape index (κ3) is 13.5. The van der Waals surface area contributed by atoms with E-state index in [1.807, 2.05) is 0 Å². The van der Waals surface area contributed by atoms with Gasteiger partial charge in [-0.3, -0.25) is 4.79 Å². The van der Waals surface area contributed by atoms with Gasteiger partial charge in [0.05, 0.1) is 0 Å². The minimum absolute atomic E-state index is 0.343. The first-order valence-corrected chi connectivity index (χ1v) is 7.88. The zero-order valence-electron chi connectivity index (χ0n) is 12.4. The molecule has 0 spiro atoms. The quantitative estimate of drug-likeness (QED) is 0.447. The Morgan fingerprint density at radius 3 is 1.78 bits per heavy atom. The van der Waals surface area contributed by atoms with Gasteiger partial charge in [0, 0.05) is 6.42 Å². The Kier molecular flexibility index (Phi) is 12.5. The summed E-state index contributed by atoms with van der Waals surface area (Å²) in [5.74, 6) is 0.246. The largest absolute Gasteiger partial charge is 0.481 e. The fourth-order valence-electron chi connectivity index (χ4n) is 2.21. The van der Waals surface area contributed by atoms with Crippen LogP contribution in [0.3, 0.4) is 0 Å². The molecule has 0 aromatic rings. The molecule has 0 fully saturated rings. The number of carboxylic acid groups (broad SMARTS) is 1. The van der Waals surface area contributed by atoms with E-state index in [9.17, 15) is 4.79 Å². The van der Waals surface area contributed by atoms with Crippen molar-refractivity contribution in [2.24, 2.45) is 5.92 Å². The standard InChI is InChI=1S/C16H32O2/c1-3-15(2)13-11-9-7-5-4-6-8-10-12-14-16(17)18/h15H,3-14H2,1-2H3,(H,17,18)/t15-/m1/s1. The van der Waals surface area contributed by atoms with Gasteiger partial charge >= 0.3 is 5.97 Å². The first kappa shape index (κ1) is 17.5. The molecule has 0 saturated heterocycles. The second-order valence-electron chi connectivity index (χ2n) is 5.63. The van der Waals surface area contributed by atoms with E-state index < -0.39 is 5.97 Å². The van der Waals surface area contributed by atoms with Gasteiger partial charge in [0.25, 0.3) is 0 Å². The van der Waals surface area contributed by atoms with E-state index in [1.165, 1.54) is 57.8 Å². The molecule has 2 heteroatoms. The van der Waals surface area contributed by atoms with E-state index in [-0.39, 0.29) is 0 Å². The summed E-state index contributed by atoms with van der Waals surface area (Å²) in [5, 5.41) is 8.49. The van der Waals surface area contributed by atoms with E-state index >= 15 is 0 Å². The molecule has 0 radical (unpaired) electrons. The van der Waals surface area contributed by atoms with Gasteiger partial charge in [0.2, 0.25) is 0 Å². The predicted molar refractivity (Wildman–Crippen MR) is 77.9 cm³/mol. The van der Waals surface area contributed by atoms with Crippen LogP contribution in [0.15, 0.2) is 0 Å². The summed E-state index contributed by atoms with van der Waals surface area (Å²) >= 11 is 0. The van der Waals surface area contributed by atoms with Crippen LogP contribution in [0.1, 0.15) is 90.9 Å². The first-order valence-electron chi connectivity index (χ1n) is 7.88. The number of aliphatic carboxylic acids is 1. The maximum absolute atomic E-state index is 10.3. The molecule has 0 aliphatic heterocycles. The highest BCUT2D eigenvalue weighted by atomic mass is 16.4. The molecule has 18 heavy (non-hydrogen) atoms. The van der Waals surface area contributed by atoms with Crippen LogP contribution >= 0.6 is 0 Å². The van der Waals surface area contributed by atoms with Crippen molar-refractivity contribution in [2.75, 3.05) is 0 Å². The van der Waals surface area contributed by atoms with Gasteiger partial charge in [0.1, 0.15) is 0 Å². The van der Waals surface area contributed by atoms with Crippen LogP contribution < -0.4 is 0 Å². The van der Waals surface area contributed by atoms with Crippen LogP contribution in [-0.2, 0) is 4.79 Å². The molecule has 0 heterocycles. The van der Waals surface area contributed by atoms with Crippen molar-refractivity contribution in [3.05, 3.63) is 0 Å². The summed E-state index contributed by atoms with van der Waals surface area (Å²) in [6, 6.07) is 0. The number of rotatable bonds is 13. The third-order valence-corrected chi connectivity index (χ3v) is 3.78. The summed E-state index contributed by atoms with van der Waals surface area (Å²) in [5.41, 5.74) is 0. The zero-order chi connectivity index (χ0) is 13.6. The molecule has 108 valence electrons. The SMILES string of the molecule is CC[C@@H](C)CCCCCCCCCCCC(=O)O. The van der Waals surface area contributed by atoms with Gasteiger partial charge in [-0.25, -0.2) is 0 Å². The normalized spacial score (nSPS) is 12.6. The fraction of sp³-hybridized carbons (Fsp3) is 0.938. The summed E-state index contributed by atoms with van der Waals surface area (Å²) in [6.45, 7) is 4.62. The number of hydrogen-bond donors (Lipinski definition) is 1. The molecule has 2 nitrogen and oxygen atoms in total. The Bertz CT molecular complexity index is 190. The van der Waals surface area contributed by atoms with Crippen molar-refractivity contribution in [3.8, 4) is 0 Å². The molecule has 0 aliphatic carbocycles. The van der Waals surface area contributed by atoms with Crippen LogP contribution in [-0.4, -0.2) is 11.1 Å². The molecule has 0 bridgehead atoms. The Labute approximate surface area is 113 Å². The smallest absolute Gasteiger partial charge is 0.303 e. The van der Waals surface area contributed by atoms with Crippen LogP contribution in [0.5, 0.6) is 0 Å². The average Bonchev–Trinajstić information content (AvgIpc) is 2.35. The second kappa shape index (κ2) is 12.9. The minimum Gasteiger partial charge on any atom is -0.481 e. The minimum atomic E-state index is -0.656. The van der Waals surface area contributed by atoms with E-state index in [4.69, 9.17) is 5.11 Å². The summed E-state index contributed by atoms with van der Waals surface area (Å²) in [7, 11) is 0. The molecule has 0 aromatic heterocycles. The van der Waals surface area contributed by atoms with E-state index in [0.717, 1.165) is 18.8 Å². The van der Waals surface area contributed by atoms with E-state index in [1.54, 1.807) is 0 Å². The summed E-state index contributed by atoms with van der Waals surface area (Å²) in [6.07, 6.45) is 14.3. The number of carbonyl (C=O) groups is 1. The Hall–Kier alpha value is -0.530. The van der Waals surface area contributed by atoms with Crippen molar-refractivity contribution in [3.63, 3.8) is 0 Å². The number of carboxylic acids is 1. The average molecular weight is 256 g/mol. The highest BCUT2D eigenvalue weighted by molar-refractivity contribution is 5.66. The van der Waals surface area contributed by atoms with Gasteiger partial charge < -0.3 is 5.11 Å². The monoisotopic (exact) mass is 256 g/mol. The first-order chi connectivity index (χ1) is 8.66. The lowest BCUT2D eigenvalue weighted by Crippen LogP contribution is -1.93. The van der Waals surface area contributed by atoms with Gasteiger partial charge in [0.15, 0.2) is 0 Å². The van der Waals surface area contributed by atoms with Gasteiger partial charge in [-0.1, -0.05) is 78.1 Å². The maximum Gasteiger partial charge on any atom is 0.303 e. The Balaban J connectivity index is 3.01. The topological polar surface area (TPSA) is 37.3 Å². The van der Waals surface area contributed by atoms with Crippen molar-refractivity contribution in [2.45, 2.75) is 90.9 Å². The van der Waals surface area contributed by atoms with E-state index in [2.05, 4.69) is 13.8 Å². The van der Waals surface area contributed by atoms with Crippen LogP contribution in [0.2, 0.25) is 0 Å². The Morgan fingerprint density at radius 2 is 1.33 bits per heavy atom. The van der Waals surface area contributed by atoms with Gasteiger partial charge in [-0.15, -0.1) is 0 Å². The predicted octanol–water partition coefficient (Wildman–Crippen LogP) is 5.41. The fourth-order valence-corrected chi connectivity index (χ4v) is 2.21. The summed E-state index contributed by atoms with van der Waals surface area (Å²) < 4.78 is 0. The molecule has 1 atom stereocenters. The molecule has 0 aliphatic rings. The number of hydrogen-bond acceptors (Lipinski definition) is 1. The molecule has 1 N–H and O–H groups in total. The van der Waals surface area contributed by atoms with Crippen LogP contribution in [0.25, 0.3) is 0 Å². The molecule has 0 amide bonds. The second-order valence-corrected chi connectivity index (χ2v) is 5.63. The molecule has 0 unspecified atom stereocenters. The van der Waals surface area contributed by atoms with E-state index in [0.29, 0.717) is 6.42 Å². The highest BCUT2D eigenvalue weighted by Gasteiger charge is 1.99. The zero-order valence-corrected chi connectivity index (χ0v) is 12.4. The summed E-state index contributed by atoms with van der Waals surface area (Å²) in [4.78, 5) is 10.3. The lowest BCUT2D eigenvalue weighted by molar-refractivity contribution is -0.137. The number of unbranched alkanes of at least 4 members (excludes halogenated alkanes) is 8. The molecular formula is C16H32O2. The Morgan fingerprint density at radius 1 is 0.889 bits per heavy atom. The molecule has 0 saturated carbocycles. The lowest BCUT2D eigenvalue weighted by atomic mass is 9.99. The molecular weight excluding hydrogens is 224 g/mol. The highest BCUT2D eigenvalue weighted by Crippen LogP contribution is 2.15. The molecule has 0 rings (SSSR count). The maximum atomic E-state index is 10.3. The third-order valence-electron chi connectivity index (χ3n) is 3.78. The lowest BCUT2D eigenvalue weighted by Gasteiger charge is -2.07. The van der Waals surface area contributed by atoms with Crippen LogP contribution in [0.4, 0.5) is 0 Å². The molecule has 0 aromatic carbocycles. The van der Waals surface area contributed by atoms with Crippen molar-refractivity contribution < 1.29 is 9.90 Å². The van der Waals surface area contributed by atoms with Gasteiger partial charge in [-0.05, 0) is 12.3 Å².